The highest BCUT2D eigenvalue weighted by atomic mass is 16.4. The Kier molecular flexibility index (Phi) is 9.25. The molecule has 0 spiro atoms. The van der Waals surface area contributed by atoms with Crippen molar-refractivity contribution in [1.82, 2.24) is 10.6 Å². The van der Waals surface area contributed by atoms with E-state index in [-0.39, 0.29) is 18.2 Å². The summed E-state index contributed by atoms with van der Waals surface area (Å²) in [7, 11) is 0. The summed E-state index contributed by atoms with van der Waals surface area (Å²) in [5, 5.41) is 15.3. The van der Waals surface area contributed by atoms with E-state index in [0.29, 0.717) is 18.3 Å². The molecule has 3 N–H and O–H groups in total. The fraction of sp³-hybridized carbons (Fsp3) is 0.464. The van der Waals surface area contributed by atoms with Crippen LogP contribution in [-0.2, 0) is 27.2 Å². The van der Waals surface area contributed by atoms with E-state index in [0.717, 1.165) is 36.8 Å². The number of carbonyl (C=O) groups is 3. The van der Waals surface area contributed by atoms with Gasteiger partial charge in [-0.05, 0) is 48.6 Å². The van der Waals surface area contributed by atoms with E-state index < -0.39 is 24.0 Å². The molecule has 0 radical (unpaired) electrons. The lowest BCUT2D eigenvalue weighted by atomic mass is 9.76. The largest absolute Gasteiger partial charge is 0.480 e. The molecule has 2 atom stereocenters. The first-order chi connectivity index (χ1) is 16.3. The summed E-state index contributed by atoms with van der Waals surface area (Å²) in [5.41, 5.74) is 1.72. The van der Waals surface area contributed by atoms with Crippen LogP contribution in [0, 0.1) is 17.8 Å². The minimum atomic E-state index is -1.10. The Morgan fingerprint density at radius 2 is 1.29 bits per heavy atom. The molecule has 1 saturated carbocycles. The zero-order valence-corrected chi connectivity index (χ0v) is 20.1. The molecule has 2 aromatic carbocycles. The van der Waals surface area contributed by atoms with Crippen molar-refractivity contribution in [2.24, 2.45) is 17.8 Å². The minimum Gasteiger partial charge on any atom is -0.480 e. The van der Waals surface area contributed by atoms with Gasteiger partial charge in [-0.25, -0.2) is 4.79 Å². The number of amides is 2. The summed E-state index contributed by atoms with van der Waals surface area (Å²) < 4.78 is 0. The van der Waals surface area contributed by atoms with Gasteiger partial charge in [-0.15, -0.1) is 0 Å². The van der Waals surface area contributed by atoms with Gasteiger partial charge in [-0.3, -0.25) is 9.59 Å². The summed E-state index contributed by atoms with van der Waals surface area (Å²) >= 11 is 0. The third-order valence-electron chi connectivity index (χ3n) is 6.90. The molecule has 34 heavy (non-hydrogen) atoms. The van der Waals surface area contributed by atoms with Gasteiger partial charge in [0, 0.05) is 18.8 Å². The van der Waals surface area contributed by atoms with Crippen LogP contribution in [0.15, 0.2) is 60.7 Å². The lowest BCUT2D eigenvalue weighted by Gasteiger charge is -2.31. The Hall–Kier alpha value is -3.15. The number of carboxylic acid groups (broad SMARTS) is 1. The molecule has 2 amide bonds. The second-order valence-electron chi connectivity index (χ2n) is 9.70. The van der Waals surface area contributed by atoms with E-state index in [4.69, 9.17) is 0 Å². The average molecular weight is 465 g/mol. The van der Waals surface area contributed by atoms with Gasteiger partial charge in [-0.1, -0.05) is 74.5 Å². The molecule has 1 aliphatic carbocycles. The van der Waals surface area contributed by atoms with Crippen LogP contribution in [0.2, 0.25) is 0 Å². The Bertz CT molecular complexity index is 937. The zero-order valence-electron chi connectivity index (χ0n) is 20.1. The van der Waals surface area contributed by atoms with Crippen LogP contribution in [0.1, 0.15) is 50.7 Å². The molecular weight excluding hydrogens is 428 g/mol. The quantitative estimate of drug-likeness (QED) is 0.495. The molecule has 0 heterocycles. The number of benzene rings is 2. The number of hydrogen-bond donors (Lipinski definition) is 3. The molecule has 1 fully saturated rings. The second-order valence-corrected chi connectivity index (χ2v) is 9.70. The summed E-state index contributed by atoms with van der Waals surface area (Å²) in [6, 6.07) is 16.7. The van der Waals surface area contributed by atoms with Crippen molar-refractivity contribution in [2.75, 3.05) is 0 Å². The molecule has 182 valence electrons. The molecule has 6 nitrogen and oxygen atoms in total. The molecule has 3 rings (SSSR count). The summed E-state index contributed by atoms with van der Waals surface area (Å²) in [6.07, 6.45) is 4.15. The molecule has 6 heteroatoms. The smallest absolute Gasteiger partial charge is 0.326 e. The Labute approximate surface area is 202 Å². The van der Waals surface area contributed by atoms with Crippen molar-refractivity contribution in [3.63, 3.8) is 0 Å². The van der Waals surface area contributed by atoms with E-state index in [1.165, 1.54) is 0 Å². The van der Waals surface area contributed by atoms with E-state index in [2.05, 4.69) is 24.5 Å². The fourth-order valence-corrected chi connectivity index (χ4v) is 4.72. The van der Waals surface area contributed by atoms with Crippen LogP contribution in [0.5, 0.6) is 0 Å². The highest BCUT2D eigenvalue weighted by Crippen LogP contribution is 2.33. The van der Waals surface area contributed by atoms with Crippen molar-refractivity contribution in [3.05, 3.63) is 71.8 Å². The van der Waals surface area contributed by atoms with E-state index in [1.54, 1.807) is 0 Å². The van der Waals surface area contributed by atoms with Gasteiger partial charge in [0.1, 0.15) is 12.1 Å². The van der Waals surface area contributed by atoms with Crippen molar-refractivity contribution >= 4 is 17.8 Å². The van der Waals surface area contributed by atoms with Crippen LogP contribution in [0.3, 0.4) is 0 Å². The second kappa shape index (κ2) is 12.4. The SMILES string of the molecule is CC(C)C1CCC(C(=O)N[C@@H](Cc2ccccc2)C(=O)N[C@@H](Cc2ccccc2)C(=O)O)CC1. The van der Waals surface area contributed by atoms with Crippen molar-refractivity contribution in [2.45, 2.75) is 64.5 Å². The van der Waals surface area contributed by atoms with Gasteiger partial charge < -0.3 is 15.7 Å². The first-order valence-electron chi connectivity index (χ1n) is 12.2. The van der Waals surface area contributed by atoms with Crippen molar-refractivity contribution in [3.8, 4) is 0 Å². The third-order valence-corrected chi connectivity index (χ3v) is 6.90. The number of nitrogens with one attached hydrogen (secondary N) is 2. The predicted molar refractivity (Wildman–Crippen MR) is 132 cm³/mol. The first kappa shape index (κ1) is 25.5. The monoisotopic (exact) mass is 464 g/mol. The maximum absolute atomic E-state index is 13.2. The topological polar surface area (TPSA) is 95.5 Å². The summed E-state index contributed by atoms with van der Waals surface area (Å²) in [5.74, 6) is -0.556. The van der Waals surface area contributed by atoms with Crippen LogP contribution in [-0.4, -0.2) is 35.0 Å². The number of rotatable bonds is 10. The Balaban J connectivity index is 1.69. The first-order valence-corrected chi connectivity index (χ1v) is 12.2. The van der Waals surface area contributed by atoms with Gasteiger partial charge in [0.25, 0.3) is 0 Å². The van der Waals surface area contributed by atoms with Gasteiger partial charge in [-0.2, -0.15) is 0 Å². The maximum Gasteiger partial charge on any atom is 0.326 e. The van der Waals surface area contributed by atoms with Crippen LogP contribution in [0.4, 0.5) is 0 Å². The molecule has 1 aliphatic rings. The maximum atomic E-state index is 13.2. The van der Waals surface area contributed by atoms with Crippen molar-refractivity contribution in [1.29, 1.82) is 0 Å². The Morgan fingerprint density at radius 1 is 0.794 bits per heavy atom. The zero-order chi connectivity index (χ0) is 24.5. The average Bonchev–Trinajstić information content (AvgIpc) is 2.84. The lowest BCUT2D eigenvalue weighted by Crippen LogP contribution is -2.54. The van der Waals surface area contributed by atoms with E-state index in [9.17, 15) is 19.5 Å². The molecule has 2 aromatic rings. The molecule has 0 bridgehead atoms. The summed E-state index contributed by atoms with van der Waals surface area (Å²) in [4.78, 5) is 38.2. The van der Waals surface area contributed by atoms with Gasteiger partial charge in [0.05, 0.1) is 0 Å². The third kappa shape index (κ3) is 7.44. The highest BCUT2D eigenvalue weighted by molar-refractivity contribution is 5.91. The number of aliphatic carboxylic acids is 1. The number of carboxylic acids is 1. The molecule has 0 aliphatic heterocycles. The predicted octanol–water partition coefficient (Wildman–Crippen LogP) is 3.99. The minimum absolute atomic E-state index is 0.110. The molecule has 0 unspecified atom stereocenters. The van der Waals surface area contributed by atoms with Crippen molar-refractivity contribution < 1.29 is 19.5 Å². The number of hydrogen-bond acceptors (Lipinski definition) is 3. The number of carbonyl (C=O) groups excluding carboxylic acids is 2. The fourth-order valence-electron chi connectivity index (χ4n) is 4.72. The van der Waals surface area contributed by atoms with Gasteiger partial charge in [0.2, 0.25) is 11.8 Å². The van der Waals surface area contributed by atoms with E-state index >= 15 is 0 Å². The van der Waals surface area contributed by atoms with Crippen LogP contribution >= 0.6 is 0 Å². The Morgan fingerprint density at radius 3 is 1.76 bits per heavy atom. The normalized spacial score (nSPS) is 19.7. The van der Waals surface area contributed by atoms with Crippen LogP contribution < -0.4 is 10.6 Å². The van der Waals surface area contributed by atoms with Gasteiger partial charge in [0.15, 0.2) is 0 Å². The van der Waals surface area contributed by atoms with Gasteiger partial charge >= 0.3 is 5.97 Å². The summed E-state index contributed by atoms with van der Waals surface area (Å²) in [6.45, 7) is 4.44. The molecule has 0 saturated heterocycles. The molecular formula is C28H36N2O4. The lowest BCUT2D eigenvalue weighted by molar-refractivity contribution is -0.142. The van der Waals surface area contributed by atoms with E-state index in [1.807, 2.05) is 60.7 Å². The standard InChI is InChI=1S/C28H36N2O4/c1-19(2)22-13-15-23(16-14-22)26(31)29-24(17-20-9-5-3-6-10-20)27(32)30-25(28(33)34)18-21-11-7-4-8-12-21/h3-12,19,22-25H,13-18H2,1-2H3,(H,29,31)(H,30,32)(H,33,34)/t22?,23?,24-,25-/m0/s1. The molecule has 0 aromatic heterocycles. The van der Waals surface area contributed by atoms with Crippen LogP contribution in [0.25, 0.3) is 0 Å². The highest BCUT2D eigenvalue weighted by Gasteiger charge is 2.32.